The van der Waals surface area contributed by atoms with E-state index in [-0.39, 0.29) is 23.3 Å². The summed E-state index contributed by atoms with van der Waals surface area (Å²) in [6.45, 7) is 1.84. The molecular weight excluding hydrogens is 396 g/mol. The third-order valence-corrected chi connectivity index (χ3v) is 7.04. The van der Waals surface area contributed by atoms with Gasteiger partial charge in [0, 0.05) is 16.6 Å². The number of aliphatic hydroxyl groups is 2. The number of fused-ring (bicyclic) bond motifs is 2. The summed E-state index contributed by atoms with van der Waals surface area (Å²) < 4.78 is 10.7. The van der Waals surface area contributed by atoms with Crippen molar-refractivity contribution in [3.05, 3.63) is 46.3 Å². The second kappa shape index (κ2) is 7.17. The van der Waals surface area contributed by atoms with E-state index in [0.29, 0.717) is 16.7 Å². The van der Waals surface area contributed by atoms with Crippen LogP contribution in [0.1, 0.15) is 12.0 Å². The van der Waals surface area contributed by atoms with Crippen molar-refractivity contribution >= 4 is 34.3 Å². The second-order valence-electron chi connectivity index (χ2n) is 7.44. The van der Waals surface area contributed by atoms with E-state index in [1.54, 1.807) is 12.1 Å². The van der Waals surface area contributed by atoms with Gasteiger partial charge in [-0.2, -0.15) is 0 Å². The van der Waals surface area contributed by atoms with Gasteiger partial charge in [-0.25, -0.2) is 4.79 Å². The number of rotatable bonds is 3. The van der Waals surface area contributed by atoms with Crippen molar-refractivity contribution in [3.8, 4) is 5.75 Å². The van der Waals surface area contributed by atoms with Gasteiger partial charge in [0.1, 0.15) is 10.6 Å². The Balaban J connectivity index is 1.61. The van der Waals surface area contributed by atoms with E-state index in [4.69, 9.17) is 14.9 Å². The van der Waals surface area contributed by atoms with Crippen LogP contribution >= 0.6 is 11.8 Å². The van der Waals surface area contributed by atoms with E-state index in [0.717, 1.165) is 5.56 Å². The van der Waals surface area contributed by atoms with Gasteiger partial charge in [-0.1, -0.05) is 24.3 Å². The molecule has 154 valence electrons. The SMILES string of the molecule is COc1c(C)ccc2cc(NC(=O)C3(N)C[C@H]4[C@@H](O)[C@H](O)C=C[C@H]4S3)c(=O)oc12. The van der Waals surface area contributed by atoms with Gasteiger partial charge in [-0.3, -0.25) is 4.79 Å². The van der Waals surface area contributed by atoms with E-state index in [1.807, 2.05) is 13.0 Å². The van der Waals surface area contributed by atoms with Gasteiger partial charge >= 0.3 is 5.63 Å². The number of nitrogens with two attached hydrogens (primary N) is 1. The largest absolute Gasteiger partial charge is 0.493 e. The maximum absolute atomic E-state index is 12.9. The molecule has 9 heteroatoms. The summed E-state index contributed by atoms with van der Waals surface area (Å²) in [5.74, 6) is -0.448. The molecule has 5 atom stereocenters. The molecule has 1 fully saturated rings. The molecule has 1 aromatic carbocycles. The molecule has 1 aliphatic carbocycles. The summed E-state index contributed by atoms with van der Waals surface area (Å²) >= 11 is 1.20. The zero-order valence-corrected chi connectivity index (χ0v) is 16.7. The van der Waals surface area contributed by atoms with Crippen molar-refractivity contribution in [1.82, 2.24) is 0 Å². The Labute approximate surface area is 170 Å². The molecule has 5 N–H and O–H groups in total. The average molecular weight is 418 g/mol. The number of nitrogens with one attached hydrogen (secondary N) is 1. The van der Waals surface area contributed by atoms with Gasteiger partial charge in [0.2, 0.25) is 0 Å². The Bertz CT molecular complexity index is 1070. The van der Waals surface area contributed by atoms with Gasteiger partial charge < -0.3 is 30.4 Å². The van der Waals surface area contributed by atoms with Crippen molar-refractivity contribution in [1.29, 1.82) is 0 Å². The average Bonchev–Trinajstić information content (AvgIpc) is 3.04. The standard InChI is InChI=1S/C20H22N2O6S/c1-9-3-4-10-7-12(18(25)28-17(10)16(9)27-2)22-19(26)20(21)8-11-14(29-20)6-5-13(23)15(11)24/h3-7,11,13-15,23-24H,8,21H2,1-2H3,(H,22,26)/t11-,13-,14-,15-,20?/m1/s1. The van der Waals surface area contributed by atoms with Crippen LogP contribution in [0, 0.1) is 12.8 Å². The minimum Gasteiger partial charge on any atom is -0.493 e. The molecule has 1 aromatic heterocycles. The molecular formula is C20H22N2O6S. The Morgan fingerprint density at radius 2 is 2.14 bits per heavy atom. The van der Waals surface area contributed by atoms with Crippen LogP contribution in [0.15, 0.2) is 39.6 Å². The minimum absolute atomic E-state index is 0.0233. The summed E-state index contributed by atoms with van der Waals surface area (Å²) in [6.07, 6.45) is 1.47. The molecule has 0 saturated carbocycles. The van der Waals surface area contributed by atoms with Crippen LogP contribution in [0.4, 0.5) is 5.69 Å². The number of amides is 1. The van der Waals surface area contributed by atoms with Crippen LogP contribution in [0.25, 0.3) is 11.0 Å². The molecule has 0 spiro atoms. The number of benzene rings is 1. The number of aliphatic hydroxyl groups excluding tert-OH is 2. The van der Waals surface area contributed by atoms with E-state index >= 15 is 0 Å². The van der Waals surface area contributed by atoms with E-state index in [9.17, 15) is 19.8 Å². The lowest BCUT2D eigenvalue weighted by Crippen LogP contribution is -2.48. The molecule has 0 radical (unpaired) electrons. The molecule has 0 bridgehead atoms. The number of ether oxygens (including phenoxy) is 1. The highest BCUT2D eigenvalue weighted by Crippen LogP contribution is 2.48. The first-order chi connectivity index (χ1) is 13.7. The fourth-order valence-electron chi connectivity index (χ4n) is 3.90. The first kappa shape index (κ1) is 20.0. The van der Waals surface area contributed by atoms with Crippen molar-refractivity contribution in [3.63, 3.8) is 0 Å². The third kappa shape index (κ3) is 3.33. The number of anilines is 1. The first-order valence-electron chi connectivity index (χ1n) is 9.17. The highest BCUT2D eigenvalue weighted by molar-refractivity contribution is 8.02. The monoisotopic (exact) mass is 418 g/mol. The van der Waals surface area contributed by atoms with Gasteiger partial charge in [-0.05, 0) is 25.0 Å². The number of aryl methyl sites for hydroxylation is 1. The van der Waals surface area contributed by atoms with Crippen molar-refractivity contribution in [2.75, 3.05) is 12.4 Å². The number of carbonyl (C=O) groups is 1. The molecule has 2 aromatic rings. The van der Waals surface area contributed by atoms with Crippen LogP contribution < -0.4 is 21.4 Å². The summed E-state index contributed by atoms with van der Waals surface area (Å²) in [5.41, 5.74) is 6.71. The highest BCUT2D eigenvalue weighted by atomic mass is 32.2. The second-order valence-corrected chi connectivity index (χ2v) is 8.95. The first-order valence-corrected chi connectivity index (χ1v) is 10.1. The van der Waals surface area contributed by atoms with Crippen LogP contribution in [0.3, 0.4) is 0 Å². The quantitative estimate of drug-likeness (QED) is 0.430. The van der Waals surface area contributed by atoms with Gasteiger partial charge in [-0.15, -0.1) is 11.8 Å². The number of thioether (sulfide) groups is 1. The van der Waals surface area contributed by atoms with Crippen molar-refractivity contribution < 1.29 is 24.2 Å². The Kier molecular flexibility index (Phi) is 4.94. The Morgan fingerprint density at radius 1 is 1.38 bits per heavy atom. The van der Waals surface area contributed by atoms with Crippen LogP contribution in [-0.4, -0.2) is 45.6 Å². The van der Waals surface area contributed by atoms with Gasteiger partial charge in [0.25, 0.3) is 5.91 Å². The molecule has 1 unspecified atom stereocenters. The maximum atomic E-state index is 12.9. The van der Waals surface area contributed by atoms with Crippen LogP contribution in [0.5, 0.6) is 5.75 Å². The lowest BCUT2D eigenvalue weighted by atomic mass is 9.84. The van der Waals surface area contributed by atoms with Gasteiger partial charge in [0.15, 0.2) is 11.3 Å². The van der Waals surface area contributed by atoms with E-state index < -0.39 is 28.6 Å². The van der Waals surface area contributed by atoms with Crippen molar-refractivity contribution in [2.24, 2.45) is 11.7 Å². The number of carbonyl (C=O) groups excluding carboxylic acids is 1. The predicted molar refractivity (Wildman–Crippen MR) is 110 cm³/mol. The van der Waals surface area contributed by atoms with Crippen LogP contribution in [-0.2, 0) is 4.79 Å². The fourth-order valence-corrected chi connectivity index (χ4v) is 5.44. The lowest BCUT2D eigenvalue weighted by molar-refractivity contribution is -0.118. The maximum Gasteiger partial charge on any atom is 0.360 e. The normalized spacial score (nSPS) is 30.9. The minimum atomic E-state index is -1.35. The highest BCUT2D eigenvalue weighted by Gasteiger charge is 2.52. The number of methoxy groups -OCH3 is 1. The zero-order valence-electron chi connectivity index (χ0n) is 15.9. The summed E-state index contributed by atoms with van der Waals surface area (Å²) in [6, 6.07) is 5.12. The van der Waals surface area contributed by atoms with Gasteiger partial charge in [0.05, 0.1) is 19.3 Å². The number of hydrogen-bond acceptors (Lipinski definition) is 8. The smallest absolute Gasteiger partial charge is 0.360 e. The molecule has 8 nitrogen and oxygen atoms in total. The fraction of sp³-hybridized carbons (Fsp3) is 0.400. The molecule has 1 aliphatic heterocycles. The zero-order chi connectivity index (χ0) is 20.9. The summed E-state index contributed by atoms with van der Waals surface area (Å²) in [5, 5.41) is 23.0. The number of hydrogen-bond donors (Lipinski definition) is 4. The topological polar surface area (TPSA) is 135 Å². The molecule has 1 amide bonds. The molecule has 1 saturated heterocycles. The van der Waals surface area contributed by atoms with Crippen LogP contribution in [0.2, 0.25) is 0 Å². The summed E-state index contributed by atoms with van der Waals surface area (Å²) in [7, 11) is 1.49. The molecule has 2 aliphatic rings. The third-order valence-electron chi connectivity index (χ3n) is 5.48. The molecule has 2 heterocycles. The molecule has 29 heavy (non-hydrogen) atoms. The Hall–Kier alpha value is -2.33. The lowest BCUT2D eigenvalue weighted by Gasteiger charge is -2.28. The predicted octanol–water partition coefficient (Wildman–Crippen LogP) is 1.12. The molecule has 4 rings (SSSR count). The van der Waals surface area contributed by atoms with Crippen molar-refractivity contribution in [2.45, 2.75) is 35.7 Å². The summed E-state index contributed by atoms with van der Waals surface area (Å²) in [4.78, 5) is 24.0. The van der Waals surface area contributed by atoms with E-state index in [1.165, 1.54) is 31.0 Å². The Morgan fingerprint density at radius 3 is 2.86 bits per heavy atom. The van der Waals surface area contributed by atoms with E-state index in [2.05, 4.69) is 5.32 Å².